The summed E-state index contributed by atoms with van der Waals surface area (Å²) in [6.07, 6.45) is 2.73. The number of anilines is 1. The smallest absolute Gasteiger partial charge is 0.147 e. The SMILES string of the molecule is COc1ccc(CCNc2nc(C)cnc2C)cc1. The number of hydrogen-bond donors (Lipinski definition) is 1. The van der Waals surface area contributed by atoms with E-state index in [-0.39, 0.29) is 0 Å². The van der Waals surface area contributed by atoms with E-state index < -0.39 is 0 Å². The third kappa shape index (κ3) is 3.68. The van der Waals surface area contributed by atoms with Gasteiger partial charge in [-0.2, -0.15) is 0 Å². The van der Waals surface area contributed by atoms with Crippen molar-refractivity contribution in [3.8, 4) is 5.75 Å². The molecular formula is C15H19N3O. The Morgan fingerprint density at radius 2 is 1.89 bits per heavy atom. The zero-order chi connectivity index (χ0) is 13.7. The molecule has 19 heavy (non-hydrogen) atoms. The molecule has 0 amide bonds. The largest absolute Gasteiger partial charge is 0.497 e. The highest BCUT2D eigenvalue weighted by molar-refractivity contribution is 5.39. The molecule has 1 N–H and O–H groups in total. The van der Waals surface area contributed by atoms with Gasteiger partial charge in [0.1, 0.15) is 11.6 Å². The highest BCUT2D eigenvalue weighted by Crippen LogP contribution is 2.12. The van der Waals surface area contributed by atoms with Crippen LogP contribution in [-0.2, 0) is 6.42 Å². The van der Waals surface area contributed by atoms with Crippen LogP contribution in [0.3, 0.4) is 0 Å². The molecule has 1 aromatic carbocycles. The van der Waals surface area contributed by atoms with Gasteiger partial charge in [0, 0.05) is 12.7 Å². The number of benzene rings is 1. The number of ether oxygens (including phenoxy) is 1. The second kappa shape index (κ2) is 6.18. The lowest BCUT2D eigenvalue weighted by molar-refractivity contribution is 0.414. The summed E-state index contributed by atoms with van der Waals surface area (Å²) in [5, 5.41) is 3.33. The van der Waals surface area contributed by atoms with E-state index in [0.717, 1.165) is 35.9 Å². The summed E-state index contributed by atoms with van der Waals surface area (Å²) in [5.41, 5.74) is 3.13. The molecule has 0 aliphatic carbocycles. The average molecular weight is 257 g/mol. The fourth-order valence-electron chi connectivity index (χ4n) is 1.82. The molecule has 0 spiro atoms. The van der Waals surface area contributed by atoms with Gasteiger partial charge in [0.05, 0.1) is 18.5 Å². The maximum atomic E-state index is 5.14. The Labute approximate surface area is 113 Å². The Morgan fingerprint density at radius 1 is 1.16 bits per heavy atom. The van der Waals surface area contributed by atoms with Crippen LogP contribution < -0.4 is 10.1 Å². The maximum absolute atomic E-state index is 5.14. The molecule has 0 bridgehead atoms. The van der Waals surface area contributed by atoms with Gasteiger partial charge in [0.25, 0.3) is 0 Å². The van der Waals surface area contributed by atoms with Crippen molar-refractivity contribution in [2.75, 3.05) is 19.0 Å². The zero-order valence-electron chi connectivity index (χ0n) is 11.6. The standard InChI is InChI=1S/C15H19N3O/c1-11-10-17-12(2)15(18-11)16-9-8-13-4-6-14(19-3)7-5-13/h4-7,10H,8-9H2,1-3H3,(H,16,18). The van der Waals surface area contributed by atoms with Crippen molar-refractivity contribution in [2.45, 2.75) is 20.3 Å². The fourth-order valence-corrected chi connectivity index (χ4v) is 1.82. The van der Waals surface area contributed by atoms with Crippen LogP contribution in [0, 0.1) is 13.8 Å². The van der Waals surface area contributed by atoms with Gasteiger partial charge < -0.3 is 10.1 Å². The van der Waals surface area contributed by atoms with Gasteiger partial charge in [0.15, 0.2) is 0 Å². The third-order valence-corrected chi connectivity index (χ3v) is 2.94. The van der Waals surface area contributed by atoms with Crippen molar-refractivity contribution in [1.29, 1.82) is 0 Å². The Balaban J connectivity index is 1.90. The summed E-state index contributed by atoms with van der Waals surface area (Å²) in [6.45, 7) is 4.74. The van der Waals surface area contributed by atoms with E-state index in [1.807, 2.05) is 26.0 Å². The molecule has 0 aliphatic heterocycles. The van der Waals surface area contributed by atoms with E-state index in [0.29, 0.717) is 0 Å². The second-order valence-corrected chi connectivity index (χ2v) is 4.47. The zero-order valence-corrected chi connectivity index (χ0v) is 11.6. The van der Waals surface area contributed by atoms with Gasteiger partial charge in [0.2, 0.25) is 0 Å². The van der Waals surface area contributed by atoms with E-state index in [9.17, 15) is 0 Å². The van der Waals surface area contributed by atoms with Gasteiger partial charge in [-0.15, -0.1) is 0 Å². The summed E-state index contributed by atoms with van der Waals surface area (Å²) in [7, 11) is 1.68. The van der Waals surface area contributed by atoms with Crippen molar-refractivity contribution in [3.05, 3.63) is 47.4 Å². The quantitative estimate of drug-likeness (QED) is 0.894. The average Bonchev–Trinajstić information content (AvgIpc) is 2.43. The molecule has 0 radical (unpaired) electrons. The van der Waals surface area contributed by atoms with Gasteiger partial charge in [-0.05, 0) is 38.0 Å². The van der Waals surface area contributed by atoms with Crippen molar-refractivity contribution in [1.82, 2.24) is 9.97 Å². The maximum Gasteiger partial charge on any atom is 0.147 e. The highest BCUT2D eigenvalue weighted by atomic mass is 16.5. The van der Waals surface area contributed by atoms with Crippen LogP contribution in [0.25, 0.3) is 0 Å². The highest BCUT2D eigenvalue weighted by Gasteiger charge is 2.01. The number of rotatable bonds is 5. The second-order valence-electron chi connectivity index (χ2n) is 4.47. The van der Waals surface area contributed by atoms with E-state index in [1.165, 1.54) is 5.56 Å². The Bertz CT molecular complexity index is 538. The number of nitrogens with one attached hydrogen (secondary N) is 1. The summed E-state index contributed by atoms with van der Waals surface area (Å²) >= 11 is 0. The van der Waals surface area contributed by atoms with Crippen LogP contribution in [-0.4, -0.2) is 23.6 Å². The summed E-state index contributed by atoms with van der Waals surface area (Å²) in [5.74, 6) is 1.76. The monoisotopic (exact) mass is 257 g/mol. The van der Waals surface area contributed by atoms with Gasteiger partial charge >= 0.3 is 0 Å². The Kier molecular flexibility index (Phi) is 4.34. The molecule has 1 heterocycles. The Morgan fingerprint density at radius 3 is 2.58 bits per heavy atom. The van der Waals surface area contributed by atoms with Gasteiger partial charge in [-0.25, -0.2) is 4.98 Å². The minimum absolute atomic E-state index is 0.839. The summed E-state index contributed by atoms with van der Waals surface area (Å²) in [6, 6.07) is 8.12. The molecule has 4 nitrogen and oxygen atoms in total. The molecule has 0 saturated carbocycles. The lowest BCUT2D eigenvalue weighted by Crippen LogP contribution is -2.09. The van der Waals surface area contributed by atoms with Crippen molar-refractivity contribution < 1.29 is 4.74 Å². The molecule has 1 aromatic heterocycles. The van der Waals surface area contributed by atoms with Crippen molar-refractivity contribution in [3.63, 3.8) is 0 Å². The first-order chi connectivity index (χ1) is 9.19. The first-order valence-corrected chi connectivity index (χ1v) is 6.36. The van der Waals surface area contributed by atoms with Crippen molar-refractivity contribution in [2.24, 2.45) is 0 Å². The van der Waals surface area contributed by atoms with Gasteiger partial charge in [-0.3, -0.25) is 4.98 Å². The molecule has 0 saturated heterocycles. The van der Waals surface area contributed by atoms with E-state index >= 15 is 0 Å². The van der Waals surface area contributed by atoms with Crippen LogP contribution >= 0.6 is 0 Å². The molecule has 0 atom stereocenters. The fraction of sp³-hybridized carbons (Fsp3) is 0.333. The topological polar surface area (TPSA) is 47.0 Å². The number of hydrogen-bond acceptors (Lipinski definition) is 4. The lowest BCUT2D eigenvalue weighted by atomic mass is 10.1. The lowest BCUT2D eigenvalue weighted by Gasteiger charge is -2.09. The first-order valence-electron chi connectivity index (χ1n) is 6.36. The molecule has 0 fully saturated rings. The normalized spacial score (nSPS) is 10.3. The van der Waals surface area contributed by atoms with E-state index in [4.69, 9.17) is 4.74 Å². The van der Waals surface area contributed by atoms with Crippen LogP contribution in [0.15, 0.2) is 30.5 Å². The molecule has 4 heteroatoms. The minimum Gasteiger partial charge on any atom is -0.497 e. The van der Waals surface area contributed by atoms with E-state index in [2.05, 4.69) is 27.4 Å². The Hall–Kier alpha value is -2.10. The summed E-state index contributed by atoms with van der Waals surface area (Å²) in [4.78, 5) is 8.72. The third-order valence-electron chi connectivity index (χ3n) is 2.94. The number of methoxy groups -OCH3 is 1. The molecule has 0 aliphatic rings. The predicted octanol–water partition coefficient (Wildman–Crippen LogP) is 2.76. The van der Waals surface area contributed by atoms with E-state index in [1.54, 1.807) is 13.3 Å². The van der Waals surface area contributed by atoms with Crippen LogP contribution in [0.4, 0.5) is 5.82 Å². The minimum atomic E-state index is 0.839. The molecule has 100 valence electrons. The van der Waals surface area contributed by atoms with Crippen LogP contribution in [0.1, 0.15) is 17.0 Å². The molecule has 0 unspecified atom stereocenters. The first kappa shape index (κ1) is 13.3. The number of aryl methyl sites for hydroxylation is 2. The molecule has 2 aromatic rings. The van der Waals surface area contributed by atoms with Crippen LogP contribution in [0.5, 0.6) is 5.75 Å². The van der Waals surface area contributed by atoms with Crippen molar-refractivity contribution >= 4 is 5.82 Å². The summed E-state index contributed by atoms with van der Waals surface area (Å²) < 4.78 is 5.14. The van der Waals surface area contributed by atoms with Gasteiger partial charge in [-0.1, -0.05) is 12.1 Å². The predicted molar refractivity (Wildman–Crippen MR) is 76.7 cm³/mol. The number of nitrogens with zero attached hydrogens (tertiary/aromatic N) is 2. The molecular weight excluding hydrogens is 238 g/mol. The molecule has 2 rings (SSSR count). The van der Waals surface area contributed by atoms with Crippen LogP contribution in [0.2, 0.25) is 0 Å². The number of aromatic nitrogens is 2.